The summed E-state index contributed by atoms with van der Waals surface area (Å²) in [5.41, 5.74) is 0. The molecule has 0 aliphatic carbocycles. The van der Waals surface area contributed by atoms with E-state index in [0.717, 1.165) is 25.7 Å². The fraction of sp³-hybridized carbons (Fsp3) is 0.778. The van der Waals surface area contributed by atoms with Crippen molar-refractivity contribution in [2.24, 2.45) is 0 Å². The minimum atomic E-state index is -0.778. The van der Waals surface area contributed by atoms with Crippen molar-refractivity contribution in [1.29, 1.82) is 0 Å². The Balaban J connectivity index is 2.94. The molecule has 1 rings (SSSR count). The van der Waals surface area contributed by atoms with Gasteiger partial charge in [0, 0.05) is 13.5 Å². The van der Waals surface area contributed by atoms with Crippen LogP contribution in [-0.4, -0.2) is 50.6 Å². The van der Waals surface area contributed by atoms with Gasteiger partial charge in [-0.05, 0) is 19.8 Å². The van der Waals surface area contributed by atoms with Gasteiger partial charge in [-0.1, -0.05) is 26.7 Å². The molecule has 1 aliphatic heterocycles. The van der Waals surface area contributed by atoms with Crippen molar-refractivity contribution in [3.63, 3.8) is 0 Å². The number of carbonyl (C=O) groups excluding carboxylic acids is 2. The minimum Gasteiger partial charge on any atom is -0.490 e. The van der Waals surface area contributed by atoms with Crippen LogP contribution in [0.4, 0.5) is 0 Å². The predicted molar refractivity (Wildman–Crippen MR) is 90.7 cm³/mol. The maximum absolute atomic E-state index is 12.2. The molecule has 0 fully saturated rings. The average Bonchev–Trinajstić information content (AvgIpc) is 2.88. The van der Waals surface area contributed by atoms with Crippen LogP contribution in [0.1, 0.15) is 53.4 Å². The van der Waals surface area contributed by atoms with Crippen molar-refractivity contribution < 1.29 is 33.3 Å². The Morgan fingerprint density at radius 1 is 1.12 bits per heavy atom. The second kappa shape index (κ2) is 11.7. The quantitative estimate of drug-likeness (QED) is 0.370. The van der Waals surface area contributed by atoms with E-state index < -0.39 is 24.1 Å². The fourth-order valence-electron chi connectivity index (χ4n) is 2.26. The standard InChI is InChI=1S/C18H30O7/c1-5-8-10-22-16-15(14(21-7-3)12-24-13(4)19)25-18(20)17(16)23-11-9-6-2/h14-15H,5-12H2,1-4H3/t14-,15+/m0/s1. The Bertz CT molecular complexity index is 458. The van der Waals surface area contributed by atoms with Crippen LogP contribution in [0, 0.1) is 0 Å². The fourth-order valence-corrected chi connectivity index (χ4v) is 2.26. The number of unbranched alkanes of at least 4 members (excludes halogenated alkanes) is 2. The maximum Gasteiger partial charge on any atom is 0.378 e. The molecule has 0 aromatic heterocycles. The Morgan fingerprint density at radius 3 is 2.32 bits per heavy atom. The number of cyclic esters (lactones) is 1. The molecule has 0 N–H and O–H groups in total. The van der Waals surface area contributed by atoms with E-state index in [9.17, 15) is 9.59 Å². The van der Waals surface area contributed by atoms with Crippen LogP contribution in [0.15, 0.2) is 11.5 Å². The molecule has 0 spiro atoms. The molecule has 0 aromatic rings. The first-order valence-corrected chi connectivity index (χ1v) is 9.00. The van der Waals surface area contributed by atoms with Crippen LogP contribution in [-0.2, 0) is 33.3 Å². The van der Waals surface area contributed by atoms with Crippen LogP contribution >= 0.6 is 0 Å². The summed E-state index contributed by atoms with van der Waals surface area (Å²) < 4.78 is 27.5. The summed E-state index contributed by atoms with van der Waals surface area (Å²) >= 11 is 0. The first-order valence-electron chi connectivity index (χ1n) is 9.00. The van der Waals surface area contributed by atoms with Crippen LogP contribution in [0.2, 0.25) is 0 Å². The van der Waals surface area contributed by atoms with Gasteiger partial charge in [0.15, 0.2) is 11.9 Å². The summed E-state index contributed by atoms with van der Waals surface area (Å²) in [5, 5.41) is 0. The van der Waals surface area contributed by atoms with E-state index in [0.29, 0.717) is 25.6 Å². The van der Waals surface area contributed by atoms with Gasteiger partial charge in [-0.2, -0.15) is 0 Å². The number of ether oxygens (including phenoxy) is 5. The van der Waals surface area contributed by atoms with E-state index in [1.165, 1.54) is 6.92 Å². The van der Waals surface area contributed by atoms with Crippen molar-refractivity contribution in [2.75, 3.05) is 26.4 Å². The van der Waals surface area contributed by atoms with Crippen LogP contribution in [0.25, 0.3) is 0 Å². The highest BCUT2D eigenvalue weighted by atomic mass is 16.6. The van der Waals surface area contributed by atoms with Crippen LogP contribution in [0.5, 0.6) is 0 Å². The number of rotatable bonds is 13. The lowest BCUT2D eigenvalue weighted by Gasteiger charge is -2.24. The van der Waals surface area contributed by atoms with Crippen molar-refractivity contribution in [3.8, 4) is 0 Å². The monoisotopic (exact) mass is 358 g/mol. The zero-order valence-corrected chi connectivity index (χ0v) is 15.7. The first-order chi connectivity index (χ1) is 12.0. The van der Waals surface area contributed by atoms with E-state index in [4.69, 9.17) is 23.7 Å². The van der Waals surface area contributed by atoms with Crippen molar-refractivity contribution in [2.45, 2.75) is 65.6 Å². The highest BCUT2D eigenvalue weighted by molar-refractivity contribution is 5.89. The van der Waals surface area contributed by atoms with Gasteiger partial charge in [0.1, 0.15) is 12.7 Å². The van der Waals surface area contributed by atoms with Crippen molar-refractivity contribution >= 4 is 11.9 Å². The molecule has 0 unspecified atom stereocenters. The zero-order valence-electron chi connectivity index (χ0n) is 15.7. The molecule has 25 heavy (non-hydrogen) atoms. The lowest BCUT2D eigenvalue weighted by atomic mass is 10.1. The van der Waals surface area contributed by atoms with Crippen LogP contribution < -0.4 is 0 Å². The molecule has 144 valence electrons. The molecule has 2 atom stereocenters. The van der Waals surface area contributed by atoms with Crippen LogP contribution in [0.3, 0.4) is 0 Å². The summed E-state index contributed by atoms with van der Waals surface area (Å²) in [7, 11) is 0. The Labute approximate surface area is 149 Å². The number of hydrogen-bond acceptors (Lipinski definition) is 7. The molecule has 0 saturated heterocycles. The summed E-state index contributed by atoms with van der Waals surface area (Å²) in [6.07, 6.45) is 2.16. The SMILES string of the molecule is CCCCOC1=C(OCCCC)[C@@H]([C@H](COC(C)=O)OCC)OC1=O. The molecular weight excluding hydrogens is 328 g/mol. The molecule has 0 saturated carbocycles. The Morgan fingerprint density at radius 2 is 1.76 bits per heavy atom. The van der Waals surface area contributed by atoms with Gasteiger partial charge in [-0.25, -0.2) is 4.79 Å². The summed E-state index contributed by atoms with van der Waals surface area (Å²) in [6, 6.07) is 0. The molecule has 0 bridgehead atoms. The second-order valence-electron chi connectivity index (χ2n) is 5.72. The van der Waals surface area contributed by atoms with E-state index >= 15 is 0 Å². The third-order valence-corrected chi connectivity index (χ3v) is 3.57. The van der Waals surface area contributed by atoms with E-state index in [1.54, 1.807) is 0 Å². The summed E-state index contributed by atoms with van der Waals surface area (Å²) in [5.74, 6) is -0.562. The van der Waals surface area contributed by atoms with E-state index in [2.05, 4.69) is 0 Å². The van der Waals surface area contributed by atoms with Gasteiger partial charge in [0.25, 0.3) is 0 Å². The summed E-state index contributed by atoms with van der Waals surface area (Å²) in [6.45, 7) is 8.45. The number of carbonyl (C=O) groups is 2. The average molecular weight is 358 g/mol. The third-order valence-electron chi connectivity index (χ3n) is 3.57. The normalized spacial score (nSPS) is 18.1. The molecule has 0 aromatic carbocycles. The van der Waals surface area contributed by atoms with Gasteiger partial charge >= 0.3 is 11.9 Å². The first kappa shape index (κ1) is 21.3. The van der Waals surface area contributed by atoms with Gasteiger partial charge in [0.05, 0.1) is 13.2 Å². The molecule has 0 radical (unpaired) electrons. The topological polar surface area (TPSA) is 80.3 Å². The number of esters is 2. The predicted octanol–water partition coefficient (Wildman–Crippen LogP) is 2.73. The smallest absolute Gasteiger partial charge is 0.378 e. The largest absolute Gasteiger partial charge is 0.490 e. The van der Waals surface area contributed by atoms with Gasteiger partial charge < -0.3 is 23.7 Å². The van der Waals surface area contributed by atoms with Crippen molar-refractivity contribution in [3.05, 3.63) is 11.5 Å². The van der Waals surface area contributed by atoms with Crippen molar-refractivity contribution in [1.82, 2.24) is 0 Å². The zero-order chi connectivity index (χ0) is 18.7. The summed E-state index contributed by atoms with van der Waals surface area (Å²) in [4.78, 5) is 23.3. The van der Waals surface area contributed by atoms with Gasteiger partial charge in [-0.15, -0.1) is 0 Å². The maximum atomic E-state index is 12.2. The van der Waals surface area contributed by atoms with E-state index in [1.807, 2.05) is 20.8 Å². The van der Waals surface area contributed by atoms with Gasteiger partial charge in [0.2, 0.25) is 5.76 Å². The van der Waals surface area contributed by atoms with E-state index in [-0.39, 0.29) is 12.4 Å². The lowest BCUT2D eigenvalue weighted by molar-refractivity contribution is -0.157. The molecule has 1 aliphatic rings. The molecule has 7 nitrogen and oxygen atoms in total. The second-order valence-corrected chi connectivity index (χ2v) is 5.72. The minimum absolute atomic E-state index is 0.0238. The highest BCUT2D eigenvalue weighted by Gasteiger charge is 2.43. The Kier molecular flexibility index (Phi) is 9.99. The third kappa shape index (κ3) is 6.94. The molecule has 7 heteroatoms. The molecule has 0 amide bonds. The van der Waals surface area contributed by atoms with Gasteiger partial charge in [-0.3, -0.25) is 4.79 Å². The Hall–Kier alpha value is -1.76. The molecule has 1 heterocycles. The lowest BCUT2D eigenvalue weighted by Crippen LogP contribution is -2.36. The molecular formula is C18H30O7. The number of hydrogen-bond donors (Lipinski definition) is 0. The highest BCUT2D eigenvalue weighted by Crippen LogP contribution is 2.29.